The summed E-state index contributed by atoms with van der Waals surface area (Å²) in [6.45, 7) is 0.805. The van der Waals surface area contributed by atoms with Crippen LogP contribution in [-0.2, 0) is 4.74 Å². The van der Waals surface area contributed by atoms with Crippen molar-refractivity contribution in [2.75, 3.05) is 12.3 Å². The lowest BCUT2D eigenvalue weighted by molar-refractivity contribution is -0.105. The van der Waals surface area contributed by atoms with Crippen LogP contribution in [0.5, 0.6) is 5.75 Å². The van der Waals surface area contributed by atoms with Crippen LogP contribution in [0.3, 0.4) is 0 Å². The van der Waals surface area contributed by atoms with E-state index in [1.54, 1.807) is 0 Å². The lowest BCUT2D eigenvalue weighted by Crippen LogP contribution is -2.24. The Bertz CT molecular complexity index is 278. The van der Waals surface area contributed by atoms with E-state index in [-0.39, 0.29) is 6.29 Å². The van der Waals surface area contributed by atoms with Crippen molar-refractivity contribution in [3.8, 4) is 5.75 Å². The van der Waals surface area contributed by atoms with Crippen LogP contribution in [0.4, 0.5) is 5.69 Å². The fourth-order valence-corrected chi connectivity index (χ4v) is 1.50. The first-order valence-electron chi connectivity index (χ1n) is 4.98. The van der Waals surface area contributed by atoms with Crippen LogP contribution in [0.25, 0.3) is 0 Å². The maximum Gasteiger partial charge on any atom is 0.199 e. The van der Waals surface area contributed by atoms with Gasteiger partial charge in [0.1, 0.15) is 5.75 Å². The second-order valence-corrected chi connectivity index (χ2v) is 3.48. The molecule has 0 radical (unpaired) electrons. The molecule has 1 unspecified atom stereocenters. The first-order valence-corrected chi connectivity index (χ1v) is 4.98. The average Bonchev–Trinajstić information content (AvgIpc) is 2.23. The minimum atomic E-state index is -0.0765. The van der Waals surface area contributed by atoms with Gasteiger partial charge >= 0.3 is 0 Å². The predicted molar refractivity (Wildman–Crippen MR) is 55.1 cm³/mol. The molecule has 1 aliphatic heterocycles. The number of nitrogens with two attached hydrogens (primary N) is 1. The molecule has 0 amide bonds. The number of nitrogen functional groups attached to an aromatic ring is 1. The molecule has 1 saturated heterocycles. The van der Waals surface area contributed by atoms with Crippen molar-refractivity contribution in [3.05, 3.63) is 24.3 Å². The zero-order valence-electron chi connectivity index (χ0n) is 8.11. The Labute approximate surface area is 83.8 Å². The van der Waals surface area contributed by atoms with E-state index in [1.165, 1.54) is 6.42 Å². The van der Waals surface area contributed by atoms with Crippen LogP contribution in [0.1, 0.15) is 19.3 Å². The van der Waals surface area contributed by atoms with Crippen molar-refractivity contribution in [1.29, 1.82) is 0 Å². The van der Waals surface area contributed by atoms with Crippen molar-refractivity contribution in [3.63, 3.8) is 0 Å². The third kappa shape index (κ3) is 2.39. The summed E-state index contributed by atoms with van der Waals surface area (Å²) in [5.74, 6) is 0.825. The molecule has 1 heterocycles. The molecule has 2 rings (SSSR count). The topological polar surface area (TPSA) is 44.5 Å². The molecule has 76 valence electrons. The first kappa shape index (κ1) is 9.34. The van der Waals surface area contributed by atoms with Crippen LogP contribution in [0.15, 0.2) is 24.3 Å². The van der Waals surface area contributed by atoms with E-state index in [0.717, 1.165) is 30.9 Å². The van der Waals surface area contributed by atoms with Gasteiger partial charge in [0.05, 0.1) is 6.61 Å². The van der Waals surface area contributed by atoms with Gasteiger partial charge in [0.25, 0.3) is 0 Å². The van der Waals surface area contributed by atoms with E-state index >= 15 is 0 Å². The van der Waals surface area contributed by atoms with E-state index in [1.807, 2.05) is 24.3 Å². The standard InChI is InChI=1S/C11H15NO2/c12-9-4-6-10(7-5-9)14-11-3-1-2-8-13-11/h4-7,11H,1-3,8,12H2. The second kappa shape index (κ2) is 4.33. The number of ether oxygens (including phenoxy) is 2. The molecule has 0 saturated carbocycles. The van der Waals surface area contributed by atoms with E-state index in [4.69, 9.17) is 15.2 Å². The summed E-state index contributed by atoms with van der Waals surface area (Å²) < 4.78 is 11.1. The number of benzene rings is 1. The summed E-state index contributed by atoms with van der Waals surface area (Å²) in [7, 11) is 0. The quantitative estimate of drug-likeness (QED) is 0.732. The summed E-state index contributed by atoms with van der Waals surface area (Å²) in [4.78, 5) is 0. The zero-order valence-corrected chi connectivity index (χ0v) is 8.11. The van der Waals surface area contributed by atoms with Gasteiger partial charge in [-0.1, -0.05) is 0 Å². The predicted octanol–water partition coefficient (Wildman–Crippen LogP) is 2.17. The van der Waals surface area contributed by atoms with Gasteiger partial charge in [-0.25, -0.2) is 0 Å². The molecular formula is C11H15NO2. The molecule has 1 aliphatic rings. The molecule has 3 heteroatoms. The first-order chi connectivity index (χ1) is 6.84. The van der Waals surface area contributed by atoms with Gasteiger partial charge in [-0.05, 0) is 37.1 Å². The molecule has 1 aromatic rings. The maximum absolute atomic E-state index is 5.63. The van der Waals surface area contributed by atoms with Crippen LogP contribution in [0.2, 0.25) is 0 Å². The summed E-state index contributed by atoms with van der Waals surface area (Å²) in [6, 6.07) is 7.40. The highest BCUT2D eigenvalue weighted by Crippen LogP contribution is 2.19. The van der Waals surface area contributed by atoms with Crippen LogP contribution in [0, 0.1) is 0 Å². The van der Waals surface area contributed by atoms with Gasteiger partial charge in [0, 0.05) is 12.1 Å². The molecule has 0 aliphatic carbocycles. The van der Waals surface area contributed by atoms with E-state index < -0.39 is 0 Å². The van der Waals surface area contributed by atoms with E-state index in [2.05, 4.69) is 0 Å². The molecule has 3 nitrogen and oxygen atoms in total. The third-order valence-corrected chi connectivity index (χ3v) is 2.29. The van der Waals surface area contributed by atoms with Crippen LogP contribution in [-0.4, -0.2) is 12.9 Å². The molecule has 1 atom stereocenters. The van der Waals surface area contributed by atoms with Crippen molar-refractivity contribution >= 4 is 5.69 Å². The van der Waals surface area contributed by atoms with Crippen molar-refractivity contribution in [2.45, 2.75) is 25.6 Å². The average molecular weight is 193 g/mol. The van der Waals surface area contributed by atoms with E-state index in [9.17, 15) is 0 Å². The van der Waals surface area contributed by atoms with Crippen molar-refractivity contribution in [2.24, 2.45) is 0 Å². The largest absolute Gasteiger partial charge is 0.465 e. The molecule has 1 aromatic carbocycles. The monoisotopic (exact) mass is 193 g/mol. The van der Waals surface area contributed by atoms with Gasteiger partial charge in [0.15, 0.2) is 6.29 Å². The Hall–Kier alpha value is -1.22. The highest BCUT2D eigenvalue weighted by Gasteiger charge is 2.14. The van der Waals surface area contributed by atoms with Gasteiger partial charge < -0.3 is 15.2 Å². The van der Waals surface area contributed by atoms with E-state index in [0.29, 0.717) is 0 Å². The van der Waals surface area contributed by atoms with Crippen molar-refractivity contribution in [1.82, 2.24) is 0 Å². The fourth-order valence-electron chi connectivity index (χ4n) is 1.50. The molecule has 0 aromatic heterocycles. The Morgan fingerprint density at radius 1 is 1.21 bits per heavy atom. The van der Waals surface area contributed by atoms with Gasteiger partial charge in [-0.15, -0.1) is 0 Å². The number of rotatable bonds is 2. The maximum atomic E-state index is 5.63. The van der Waals surface area contributed by atoms with Crippen LogP contribution >= 0.6 is 0 Å². The Morgan fingerprint density at radius 2 is 2.00 bits per heavy atom. The zero-order chi connectivity index (χ0) is 9.80. The summed E-state index contributed by atoms with van der Waals surface area (Å²) in [5.41, 5.74) is 6.32. The molecule has 2 N–H and O–H groups in total. The summed E-state index contributed by atoms with van der Waals surface area (Å²) >= 11 is 0. The Kier molecular flexibility index (Phi) is 2.89. The molecule has 1 fully saturated rings. The normalized spacial score (nSPS) is 21.9. The SMILES string of the molecule is Nc1ccc(OC2CCCCO2)cc1. The lowest BCUT2D eigenvalue weighted by Gasteiger charge is -2.23. The van der Waals surface area contributed by atoms with Gasteiger partial charge in [-0.2, -0.15) is 0 Å². The number of hydrogen-bond donors (Lipinski definition) is 1. The third-order valence-electron chi connectivity index (χ3n) is 2.29. The number of anilines is 1. The highest BCUT2D eigenvalue weighted by atomic mass is 16.7. The summed E-state index contributed by atoms with van der Waals surface area (Å²) in [6.07, 6.45) is 3.22. The molecule has 0 spiro atoms. The Balaban J connectivity index is 1.92. The molecule has 14 heavy (non-hydrogen) atoms. The minimum Gasteiger partial charge on any atom is -0.465 e. The van der Waals surface area contributed by atoms with Gasteiger partial charge in [0.2, 0.25) is 0 Å². The van der Waals surface area contributed by atoms with Gasteiger partial charge in [-0.3, -0.25) is 0 Å². The molecule has 0 bridgehead atoms. The van der Waals surface area contributed by atoms with Crippen LogP contribution < -0.4 is 10.5 Å². The lowest BCUT2D eigenvalue weighted by atomic mass is 10.2. The second-order valence-electron chi connectivity index (χ2n) is 3.48. The fraction of sp³-hybridized carbons (Fsp3) is 0.455. The summed E-state index contributed by atoms with van der Waals surface area (Å²) in [5, 5.41) is 0. The molecular weight excluding hydrogens is 178 g/mol. The van der Waals surface area contributed by atoms with Crippen molar-refractivity contribution < 1.29 is 9.47 Å². The highest BCUT2D eigenvalue weighted by molar-refractivity contribution is 5.41. The smallest absolute Gasteiger partial charge is 0.199 e. The minimum absolute atomic E-state index is 0.0765. The number of hydrogen-bond acceptors (Lipinski definition) is 3. The Morgan fingerprint density at radius 3 is 2.64 bits per heavy atom.